The van der Waals surface area contributed by atoms with Crippen molar-refractivity contribution in [3.8, 4) is 5.82 Å². The number of aromatic nitrogens is 4. The van der Waals surface area contributed by atoms with Crippen molar-refractivity contribution in [1.29, 1.82) is 0 Å². The molecule has 0 unspecified atom stereocenters. The van der Waals surface area contributed by atoms with Crippen LogP contribution < -0.4 is 5.32 Å². The van der Waals surface area contributed by atoms with Crippen molar-refractivity contribution in [1.82, 2.24) is 30.0 Å². The molecule has 0 aliphatic carbocycles. The van der Waals surface area contributed by atoms with Crippen LogP contribution in [0, 0.1) is 0 Å². The molecule has 1 N–H and O–H groups in total. The fourth-order valence-corrected chi connectivity index (χ4v) is 3.68. The highest BCUT2D eigenvalue weighted by molar-refractivity contribution is 5.94. The molecular formula is C16H20N6O. The summed E-state index contributed by atoms with van der Waals surface area (Å²) >= 11 is 0. The smallest absolute Gasteiger partial charge is 0.251 e. The fourth-order valence-electron chi connectivity index (χ4n) is 3.68. The maximum atomic E-state index is 12.6. The largest absolute Gasteiger partial charge is 0.348 e. The van der Waals surface area contributed by atoms with E-state index in [9.17, 15) is 4.79 Å². The van der Waals surface area contributed by atoms with Gasteiger partial charge in [-0.05, 0) is 37.9 Å². The van der Waals surface area contributed by atoms with Gasteiger partial charge in [-0.1, -0.05) is 6.42 Å². The van der Waals surface area contributed by atoms with Gasteiger partial charge < -0.3 is 5.32 Å². The maximum absolute atomic E-state index is 12.6. The predicted octanol–water partition coefficient (Wildman–Crippen LogP) is 1.02. The molecule has 2 fully saturated rings. The van der Waals surface area contributed by atoms with E-state index in [4.69, 9.17) is 0 Å². The van der Waals surface area contributed by atoms with Crippen molar-refractivity contribution < 1.29 is 4.79 Å². The second kappa shape index (κ2) is 6.08. The van der Waals surface area contributed by atoms with Crippen molar-refractivity contribution in [2.45, 2.75) is 37.8 Å². The summed E-state index contributed by atoms with van der Waals surface area (Å²) in [6, 6.07) is 4.25. The number of nitrogens with one attached hydrogen (secondary N) is 1. The molecular weight excluding hydrogens is 292 g/mol. The van der Waals surface area contributed by atoms with Crippen molar-refractivity contribution in [2.24, 2.45) is 0 Å². The van der Waals surface area contributed by atoms with Gasteiger partial charge in [0.2, 0.25) is 0 Å². The van der Waals surface area contributed by atoms with Crippen molar-refractivity contribution >= 4 is 5.91 Å². The quantitative estimate of drug-likeness (QED) is 0.916. The van der Waals surface area contributed by atoms with Crippen LogP contribution in [-0.2, 0) is 0 Å². The fraction of sp³-hybridized carbons (Fsp3) is 0.500. The Morgan fingerprint density at radius 1 is 1.26 bits per heavy atom. The first-order valence-corrected chi connectivity index (χ1v) is 8.17. The Bertz CT molecular complexity index is 686. The first-order chi connectivity index (χ1) is 11.3. The van der Waals surface area contributed by atoms with Gasteiger partial charge in [0.1, 0.15) is 12.7 Å². The minimum absolute atomic E-state index is 0.0359. The lowest BCUT2D eigenvalue weighted by atomic mass is 9.99. The number of rotatable bonds is 3. The third-order valence-electron chi connectivity index (χ3n) is 4.83. The van der Waals surface area contributed by atoms with E-state index in [1.165, 1.54) is 32.1 Å². The Morgan fingerprint density at radius 2 is 2.22 bits per heavy atom. The summed E-state index contributed by atoms with van der Waals surface area (Å²) in [4.78, 5) is 23.3. The highest BCUT2D eigenvalue weighted by atomic mass is 16.1. The molecule has 2 aliphatic rings. The van der Waals surface area contributed by atoms with Crippen LogP contribution in [0.4, 0.5) is 0 Å². The molecule has 0 spiro atoms. The Hall–Kier alpha value is -2.28. The molecule has 0 aromatic carbocycles. The van der Waals surface area contributed by atoms with Gasteiger partial charge in [-0.2, -0.15) is 5.10 Å². The van der Waals surface area contributed by atoms with Crippen molar-refractivity contribution in [3.63, 3.8) is 0 Å². The summed E-state index contributed by atoms with van der Waals surface area (Å²) in [7, 11) is 0. The molecule has 2 aromatic rings. The topological polar surface area (TPSA) is 75.9 Å². The van der Waals surface area contributed by atoms with E-state index in [1.54, 1.807) is 29.3 Å². The highest BCUT2D eigenvalue weighted by Gasteiger charge is 2.36. The summed E-state index contributed by atoms with van der Waals surface area (Å²) in [5.41, 5.74) is 0.611. The molecule has 0 bridgehead atoms. The van der Waals surface area contributed by atoms with Crippen LogP contribution in [0.5, 0.6) is 0 Å². The summed E-state index contributed by atoms with van der Waals surface area (Å²) < 4.78 is 1.55. The minimum Gasteiger partial charge on any atom is -0.348 e. The van der Waals surface area contributed by atoms with Crippen LogP contribution in [0.3, 0.4) is 0 Å². The molecule has 2 aliphatic heterocycles. The minimum atomic E-state index is -0.0359. The summed E-state index contributed by atoms with van der Waals surface area (Å²) in [6.45, 7) is 2.26. The number of carbonyl (C=O) groups excluding carboxylic acids is 1. The molecule has 2 aromatic heterocycles. The van der Waals surface area contributed by atoms with Gasteiger partial charge in [0.25, 0.3) is 5.91 Å². The molecule has 7 heteroatoms. The molecule has 7 nitrogen and oxygen atoms in total. The number of piperidine rings is 1. The van der Waals surface area contributed by atoms with Crippen molar-refractivity contribution in [3.05, 3.63) is 36.5 Å². The van der Waals surface area contributed by atoms with Crippen LogP contribution in [0.25, 0.3) is 5.82 Å². The zero-order valence-corrected chi connectivity index (χ0v) is 12.9. The number of fused-ring (bicyclic) bond motifs is 1. The Kier molecular flexibility index (Phi) is 3.78. The lowest BCUT2D eigenvalue weighted by Crippen LogP contribution is -2.46. The third kappa shape index (κ3) is 2.84. The molecule has 2 saturated heterocycles. The molecule has 0 saturated carbocycles. The normalized spacial score (nSPS) is 24.3. The Balaban J connectivity index is 1.48. The number of amides is 1. The van der Waals surface area contributed by atoms with E-state index in [0.717, 1.165) is 13.0 Å². The van der Waals surface area contributed by atoms with Gasteiger partial charge in [0, 0.05) is 30.4 Å². The van der Waals surface area contributed by atoms with Crippen LogP contribution in [0.15, 0.2) is 31.0 Å². The monoisotopic (exact) mass is 312 g/mol. The molecule has 2 atom stereocenters. The predicted molar refractivity (Wildman–Crippen MR) is 84.2 cm³/mol. The molecule has 23 heavy (non-hydrogen) atoms. The van der Waals surface area contributed by atoms with Gasteiger partial charge in [-0.3, -0.25) is 9.69 Å². The number of nitrogens with zero attached hydrogens (tertiary/aromatic N) is 5. The van der Waals surface area contributed by atoms with Crippen LogP contribution in [-0.4, -0.2) is 55.7 Å². The molecule has 120 valence electrons. The Labute approximate surface area is 134 Å². The van der Waals surface area contributed by atoms with Crippen LogP contribution in [0.2, 0.25) is 0 Å². The summed E-state index contributed by atoms with van der Waals surface area (Å²) in [5.74, 6) is 0.562. The highest BCUT2D eigenvalue weighted by Crippen LogP contribution is 2.27. The van der Waals surface area contributed by atoms with Gasteiger partial charge in [-0.15, -0.1) is 0 Å². The van der Waals surface area contributed by atoms with E-state index in [2.05, 4.69) is 25.3 Å². The average Bonchev–Trinajstić information content (AvgIpc) is 3.25. The van der Waals surface area contributed by atoms with Gasteiger partial charge in [0.15, 0.2) is 5.82 Å². The standard InChI is InChI=1S/C16H20N6O/c23-16(20-13-5-8-21-7-2-1-3-14(13)21)12-4-6-18-15(9-12)22-11-17-10-19-22/h4,6,9-11,13-14H,1-3,5,7-8H2,(H,20,23)/t13-,14+/m1/s1. The van der Waals surface area contributed by atoms with Gasteiger partial charge >= 0.3 is 0 Å². The lowest BCUT2D eigenvalue weighted by Gasteiger charge is -2.32. The molecule has 4 rings (SSSR count). The van der Waals surface area contributed by atoms with Gasteiger partial charge in [0.05, 0.1) is 0 Å². The number of pyridine rings is 1. The second-order valence-electron chi connectivity index (χ2n) is 6.21. The number of carbonyl (C=O) groups is 1. The van der Waals surface area contributed by atoms with E-state index < -0.39 is 0 Å². The summed E-state index contributed by atoms with van der Waals surface area (Å²) in [5, 5.41) is 7.26. The summed E-state index contributed by atoms with van der Waals surface area (Å²) in [6.07, 6.45) is 9.42. The first kappa shape index (κ1) is 14.3. The van der Waals surface area contributed by atoms with E-state index in [-0.39, 0.29) is 11.9 Å². The van der Waals surface area contributed by atoms with Gasteiger partial charge in [-0.25, -0.2) is 14.6 Å². The van der Waals surface area contributed by atoms with Crippen LogP contribution in [0.1, 0.15) is 36.0 Å². The first-order valence-electron chi connectivity index (χ1n) is 8.17. The third-order valence-corrected chi connectivity index (χ3v) is 4.83. The van der Waals surface area contributed by atoms with E-state index in [1.807, 2.05) is 0 Å². The number of hydrogen-bond acceptors (Lipinski definition) is 5. The van der Waals surface area contributed by atoms with Crippen molar-refractivity contribution in [2.75, 3.05) is 13.1 Å². The number of hydrogen-bond donors (Lipinski definition) is 1. The Morgan fingerprint density at radius 3 is 3.09 bits per heavy atom. The average molecular weight is 312 g/mol. The molecule has 4 heterocycles. The van der Waals surface area contributed by atoms with E-state index >= 15 is 0 Å². The van der Waals surface area contributed by atoms with Crippen LogP contribution >= 0.6 is 0 Å². The zero-order chi connectivity index (χ0) is 15.6. The molecule has 1 amide bonds. The zero-order valence-electron chi connectivity index (χ0n) is 12.9. The second-order valence-corrected chi connectivity index (χ2v) is 6.21. The van der Waals surface area contributed by atoms with E-state index in [0.29, 0.717) is 17.4 Å². The SMILES string of the molecule is O=C(N[C@@H]1CCN2CCCC[C@@H]12)c1ccnc(-n2cncn2)c1. The molecule has 0 radical (unpaired) electrons. The lowest BCUT2D eigenvalue weighted by molar-refractivity contribution is 0.0915. The maximum Gasteiger partial charge on any atom is 0.251 e.